The molecule has 3 aromatic rings. The molecule has 0 heterocycles. The van der Waals surface area contributed by atoms with E-state index in [0.29, 0.717) is 5.02 Å². The van der Waals surface area contributed by atoms with Crippen LogP contribution in [0.3, 0.4) is 0 Å². The minimum absolute atomic E-state index is 0.0119. The molecule has 0 aromatic heterocycles. The first-order chi connectivity index (χ1) is 13.5. The van der Waals surface area contributed by atoms with E-state index in [9.17, 15) is 23.2 Å². The maximum atomic E-state index is 12.9. The Kier molecular flexibility index (Phi) is 5.98. The molecule has 3 rings (SSSR count). The summed E-state index contributed by atoms with van der Waals surface area (Å²) in [6.45, 7) is 0. The van der Waals surface area contributed by atoms with Gasteiger partial charge in [0.15, 0.2) is 4.75 Å². The Morgan fingerprint density at radius 2 is 1.21 bits per heavy atom. The number of rotatable bonds is 4. The highest BCUT2D eigenvalue weighted by atomic mass is 35.5. The van der Waals surface area contributed by atoms with E-state index >= 15 is 0 Å². The summed E-state index contributed by atoms with van der Waals surface area (Å²) in [5.74, 6) is -1.16. The highest BCUT2D eigenvalue weighted by molar-refractivity contribution is 7.87. The van der Waals surface area contributed by atoms with Gasteiger partial charge in [-0.1, -0.05) is 64.6 Å². The van der Waals surface area contributed by atoms with Crippen molar-refractivity contribution in [1.82, 2.24) is 0 Å². The van der Waals surface area contributed by atoms with Crippen LogP contribution in [-0.4, -0.2) is 23.2 Å². The van der Waals surface area contributed by atoms with Crippen LogP contribution in [0.1, 0.15) is 16.7 Å². The molecule has 0 aliphatic rings. The fraction of sp³-hybridized carbons (Fsp3) is 0.0526. The fourth-order valence-electron chi connectivity index (χ4n) is 3.14. The minimum atomic E-state index is -4.98. The van der Waals surface area contributed by atoms with E-state index in [0.717, 1.165) is 12.1 Å². The first-order valence-corrected chi connectivity index (χ1v) is 10.8. The fourth-order valence-corrected chi connectivity index (χ4v) is 4.95. The van der Waals surface area contributed by atoms with Crippen molar-refractivity contribution >= 4 is 56.5 Å². The zero-order valence-electron chi connectivity index (χ0n) is 14.3. The predicted octanol–water partition coefficient (Wildman–Crippen LogP) is 5.89. The largest absolute Gasteiger partial charge is 0.506 e. The van der Waals surface area contributed by atoms with Crippen molar-refractivity contribution in [3.63, 3.8) is 0 Å². The summed E-state index contributed by atoms with van der Waals surface area (Å²) in [6, 6.07) is 11.7. The lowest BCUT2D eigenvalue weighted by atomic mass is 9.83. The number of phenols is 2. The molecule has 10 heteroatoms. The first kappa shape index (κ1) is 22.0. The molecule has 152 valence electrons. The molecule has 1 atom stereocenters. The monoisotopic (exact) mass is 492 g/mol. The third-order valence-electron chi connectivity index (χ3n) is 4.40. The van der Waals surface area contributed by atoms with E-state index in [1.165, 1.54) is 42.5 Å². The Morgan fingerprint density at radius 1 is 0.690 bits per heavy atom. The molecule has 0 saturated heterocycles. The van der Waals surface area contributed by atoms with Crippen molar-refractivity contribution in [3.05, 3.63) is 91.4 Å². The number of halogens is 4. The molecule has 5 nitrogen and oxygen atoms in total. The molecule has 0 aliphatic heterocycles. The molecule has 0 radical (unpaired) electrons. The quantitative estimate of drug-likeness (QED) is 0.311. The summed E-state index contributed by atoms with van der Waals surface area (Å²) < 4.78 is 33.9. The zero-order chi connectivity index (χ0) is 21.6. The van der Waals surface area contributed by atoms with E-state index in [2.05, 4.69) is 0 Å². The lowest BCUT2D eigenvalue weighted by molar-refractivity contribution is 0.444. The Labute approximate surface area is 186 Å². The maximum Gasteiger partial charge on any atom is 0.283 e. The zero-order valence-corrected chi connectivity index (χ0v) is 18.1. The highest BCUT2D eigenvalue weighted by Gasteiger charge is 2.49. The van der Waals surface area contributed by atoms with Crippen LogP contribution >= 0.6 is 46.4 Å². The molecule has 0 amide bonds. The first-order valence-electron chi connectivity index (χ1n) is 7.89. The van der Waals surface area contributed by atoms with Crippen LogP contribution in [-0.2, 0) is 14.9 Å². The standard InChI is InChI=1S/C19H12Cl4O5S/c20-13-4-1-10(2-5-13)19(29(26,27)28,11-3-6-14(21)15(22)7-11)12-8-16(24)18(23)17(25)9-12/h1-9,24-25H,(H,26,27,28). The summed E-state index contributed by atoms with van der Waals surface area (Å²) in [5, 5.41) is 20.4. The van der Waals surface area contributed by atoms with Gasteiger partial charge in [0.25, 0.3) is 10.1 Å². The highest BCUT2D eigenvalue weighted by Crippen LogP contribution is 2.48. The van der Waals surface area contributed by atoms with Gasteiger partial charge in [0.2, 0.25) is 0 Å². The van der Waals surface area contributed by atoms with Crippen molar-refractivity contribution < 1.29 is 23.2 Å². The normalized spacial score (nSPS) is 13.8. The Hall–Kier alpha value is -1.67. The molecular formula is C19H12Cl4O5S. The number of hydrogen-bond donors (Lipinski definition) is 3. The summed E-state index contributed by atoms with van der Waals surface area (Å²) in [7, 11) is -4.98. The van der Waals surface area contributed by atoms with E-state index in [-0.39, 0.29) is 31.8 Å². The van der Waals surface area contributed by atoms with E-state index < -0.39 is 26.4 Å². The van der Waals surface area contributed by atoms with Gasteiger partial charge in [-0.2, -0.15) is 8.42 Å². The smallest absolute Gasteiger partial charge is 0.283 e. The van der Waals surface area contributed by atoms with Crippen molar-refractivity contribution in [2.45, 2.75) is 4.75 Å². The third-order valence-corrected chi connectivity index (χ3v) is 7.26. The van der Waals surface area contributed by atoms with E-state index in [1.54, 1.807) is 0 Å². The molecule has 0 aliphatic carbocycles. The van der Waals surface area contributed by atoms with Gasteiger partial charge in [-0.15, -0.1) is 0 Å². The second kappa shape index (κ2) is 7.87. The molecular weight excluding hydrogens is 482 g/mol. The van der Waals surface area contributed by atoms with Gasteiger partial charge in [0.1, 0.15) is 16.5 Å². The van der Waals surface area contributed by atoms with Gasteiger partial charge >= 0.3 is 0 Å². The predicted molar refractivity (Wildman–Crippen MR) is 114 cm³/mol. The van der Waals surface area contributed by atoms with Gasteiger partial charge in [0.05, 0.1) is 10.0 Å². The summed E-state index contributed by atoms with van der Waals surface area (Å²) in [4.78, 5) is 0. The van der Waals surface area contributed by atoms with E-state index in [4.69, 9.17) is 46.4 Å². The van der Waals surface area contributed by atoms with Crippen molar-refractivity contribution in [2.24, 2.45) is 0 Å². The number of hydrogen-bond acceptors (Lipinski definition) is 4. The number of phenolic OH excluding ortho intramolecular Hbond substituents is 2. The Balaban J connectivity index is 2.54. The average Bonchev–Trinajstić information content (AvgIpc) is 2.63. The molecule has 0 saturated carbocycles. The van der Waals surface area contributed by atoms with Gasteiger partial charge in [-0.3, -0.25) is 4.55 Å². The van der Waals surface area contributed by atoms with Crippen molar-refractivity contribution in [1.29, 1.82) is 0 Å². The topological polar surface area (TPSA) is 94.8 Å². The maximum absolute atomic E-state index is 12.9. The molecule has 0 fully saturated rings. The summed E-state index contributed by atoms with van der Waals surface area (Å²) in [5.41, 5.74) is -0.0955. The molecule has 3 N–H and O–H groups in total. The van der Waals surface area contributed by atoms with Crippen molar-refractivity contribution in [2.75, 3.05) is 0 Å². The minimum Gasteiger partial charge on any atom is -0.506 e. The van der Waals surface area contributed by atoms with Gasteiger partial charge < -0.3 is 10.2 Å². The van der Waals surface area contributed by atoms with Gasteiger partial charge in [-0.25, -0.2) is 0 Å². The molecule has 3 aromatic carbocycles. The lowest BCUT2D eigenvalue weighted by Crippen LogP contribution is -2.38. The average molecular weight is 494 g/mol. The summed E-state index contributed by atoms with van der Waals surface area (Å²) in [6.07, 6.45) is 0. The molecule has 1 unspecified atom stereocenters. The molecule has 29 heavy (non-hydrogen) atoms. The van der Waals surface area contributed by atoms with Gasteiger partial charge in [0, 0.05) is 5.02 Å². The van der Waals surface area contributed by atoms with Gasteiger partial charge in [-0.05, 0) is 53.1 Å². The molecule has 0 spiro atoms. The SMILES string of the molecule is O=S(=O)(O)C(c1ccc(Cl)cc1)(c1cc(O)c(Cl)c(O)c1)c1ccc(Cl)c(Cl)c1. The van der Waals surface area contributed by atoms with Crippen LogP contribution < -0.4 is 0 Å². The number of aromatic hydroxyl groups is 2. The van der Waals surface area contributed by atoms with Crippen molar-refractivity contribution in [3.8, 4) is 11.5 Å². The molecule has 0 bridgehead atoms. The lowest BCUT2D eigenvalue weighted by Gasteiger charge is -2.33. The van der Waals surface area contributed by atoms with Crippen LogP contribution in [0.5, 0.6) is 11.5 Å². The third kappa shape index (κ3) is 3.77. The van der Waals surface area contributed by atoms with Crippen LogP contribution in [0.25, 0.3) is 0 Å². The van der Waals surface area contributed by atoms with Crippen LogP contribution in [0.15, 0.2) is 54.6 Å². The van der Waals surface area contributed by atoms with Crippen LogP contribution in [0, 0.1) is 0 Å². The number of benzene rings is 3. The second-order valence-corrected chi connectivity index (χ2v) is 9.31. The Bertz CT molecular complexity index is 1170. The summed E-state index contributed by atoms with van der Waals surface area (Å²) >= 11 is 23.8. The Morgan fingerprint density at radius 3 is 1.69 bits per heavy atom. The second-order valence-electron chi connectivity index (χ2n) is 6.12. The van der Waals surface area contributed by atoms with E-state index in [1.807, 2.05) is 0 Å². The van der Waals surface area contributed by atoms with Crippen LogP contribution in [0.4, 0.5) is 0 Å². The van der Waals surface area contributed by atoms with Crippen LogP contribution in [0.2, 0.25) is 20.1 Å².